The van der Waals surface area contributed by atoms with Crippen LogP contribution in [-0.2, 0) is 13.2 Å². The molecule has 0 fully saturated rings. The first-order valence-electron chi connectivity index (χ1n) is 9.90. The molecule has 4 rings (SSSR count). The first-order chi connectivity index (χ1) is 16.1. The Hall–Kier alpha value is -4.10. The van der Waals surface area contributed by atoms with Crippen LogP contribution in [0, 0.1) is 17.1 Å². The van der Waals surface area contributed by atoms with Gasteiger partial charge in [-0.25, -0.2) is 9.37 Å². The van der Waals surface area contributed by atoms with Crippen molar-refractivity contribution in [2.45, 2.75) is 18.3 Å². The molecule has 2 heterocycles. The van der Waals surface area contributed by atoms with Gasteiger partial charge >= 0.3 is 0 Å². The van der Waals surface area contributed by atoms with Crippen LogP contribution in [0.2, 0.25) is 0 Å². The van der Waals surface area contributed by atoms with Crippen LogP contribution in [-0.4, -0.2) is 35.6 Å². The number of nitrogens with zero attached hydrogens (tertiary/aromatic N) is 5. The smallest absolute Gasteiger partial charge is 0.192 e. The molecule has 0 bridgehead atoms. The Balaban J connectivity index is 1.50. The maximum Gasteiger partial charge on any atom is 0.192 e. The lowest BCUT2D eigenvalue weighted by atomic mass is 10.2. The number of aromatic nitrogens is 5. The van der Waals surface area contributed by atoms with E-state index in [1.54, 1.807) is 10.6 Å². The Morgan fingerprint density at radius 1 is 1.24 bits per heavy atom. The first-order valence-corrected chi connectivity index (χ1v) is 10.9. The van der Waals surface area contributed by atoms with E-state index < -0.39 is 0 Å². The molecular weight excluding hydrogens is 443 g/mol. The topological polar surface area (TPSA) is 113 Å². The van der Waals surface area contributed by atoms with Crippen LogP contribution in [0.4, 0.5) is 4.39 Å². The molecule has 2 aromatic heterocycles. The van der Waals surface area contributed by atoms with Gasteiger partial charge in [-0.1, -0.05) is 30.0 Å². The Labute approximate surface area is 193 Å². The highest BCUT2D eigenvalue weighted by Crippen LogP contribution is 2.25. The minimum atomic E-state index is -0.344. The summed E-state index contributed by atoms with van der Waals surface area (Å²) in [6.07, 6.45) is 1.69. The van der Waals surface area contributed by atoms with E-state index in [1.807, 2.05) is 30.3 Å². The lowest BCUT2D eigenvalue weighted by Crippen LogP contribution is -2.08. The van der Waals surface area contributed by atoms with Crippen molar-refractivity contribution >= 4 is 28.4 Å². The quantitative estimate of drug-likeness (QED) is 0.161. The van der Waals surface area contributed by atoms with Gasteiger partial charge in [0.2, 0.25) is 0 Å². The lowest BCUT2D eigenvalue weighted by Gasteiger charge is -2.09. The fourth-order valence-corrected chi connectivity index (χ4v) is 3.90. The predicted molar refractivity (Wildman–Crippen MR) is 123 cm³/mol. The van der Waals surface area contributed by atoms with E-state index in [0.717, 1.165) is 5.52 Å². The fraction of sp³-hybridized carbons (Fsp3) is 0.130. The first kappa shape index (κ1) is 22.1. The number of nitrogens with one attached hydrogen (secondary N) is 1. The molecule has 0 aliphatic carbocycles. The Bertz CT molecular complexity index is 1320. The summed E-state index contributed by atoms with van der Waals surface area (Å²) < 4.78 is 20.5. The molecule has 8 nitrogen and oxygen atoms in total. The summed E-state index contributed by atoms with van der Waals surface area (Å²) in [6.45, 7) is 4.31. The largest absolute Gasteiger partial charge is 0.510 e. The molecule has 4 aromatic rings. The zero-order valence-electron chi connectivity index (χ0n) is 17.4. The molecule has 166 valence electrons. The van der Waals surface area contributed by atoms with Gasteiger partial charge in [-0.05, 0) is 36.4 Å². The number of halogens is 1. The summed E-state index contributed by atoms with van der Waals surface area (Å²) in [4.78, 5) is 7.43. The molecule has 0 spiro atoms. The number of fused-ring (bicyclic) bond motifs is 1. The Kier molecular flexibility index (Phi) is 6.71. The van der Waals surface area contributed by atoms with Crippen molar-refractivity contribution in [1.82, 2.24) is 24.7 Å². The third kappa shape index (κ3) is 5.05. The number of thioether (sulfide) groups is 1. The fourth-order valence-electron chi connectivity index (χ4n) is 3.05. The molecule has 0 unspecified atom stereocenters. The zero-order chi connectivity index (χ0) is 23.2. The van der Waals surface area contributed by atoms with Gasteiger partial charge in [-0.15, -0.1) is 16.8 Å². The van der Waals surface area contributed by atoms with Crippen molar-refractivity contribution in [2.75, 3.05) is 5.75 Å². The van der Waals surface area contributed by atoms with Crippen molar-refractivity contribution in [2.24, 2.45) is 0 Å². The van der Waals surface area contributed by atoms with Gasteiger partial charge < -0.3 is 14.8 Å². The monoisotopic (exact) mass is 462 g/mol. The molecule has 0 saturated heterocycles. The average Bonchev–Trinajstić information content (AvgIpc) is 3.42. The number of rotatable bonds is 9. The van der Waals surface area contributed by atoms with Gasteiger partial charge in [-0.3, -0.25) is 4.57 Å². The van der Waals surface area contributed by atoms with E-state index in [1.165, 1.54) is 36.0 Å². The molecule has 2 aromatic carbocycles. The van der Waals surface area contributed by atoms with Crippen molar-refractivity contribution in [3.8, 4) is 11.8 Å². The number of allylic oxidation sites excluding steroid dienone is 2. The SMILES string of the molecule is C=CCn1c(COc2ccc(F)cc2)nnc1SCC(O)=C(C#N)c1nc2ccccc2[nH]1. The average molecular weight is 463 g/mol. The molecule has 0 aliphatic rings. The van der Waals surface area contributed by atoms with Gasteiger partial charge in [0.05, 0.1) is 16.8 Å². The summed E-state index contributed by atoms with van der Waals surface area (Å²) in [5, 5.41) is 29.0. The van der Waals surface area contributed by atoms with Crippen LogP contribution in [0.25, 0.3) is 16.6 Å². The Morgan fingerprint density at radius 2 is 2.03 bits per heavy atom. The number of ether oxygens (including phenoxy) is 1. The molecule has 0 amide bonds. The number of benzene rings is 2. The molecule has 0 radical (unpaired) electrons. The van der Waals surface area contributed by atoms with E-state index >= 15 is 0 Å². The molecule has 0 saturated carbocycles. The molecular formula is C23H19FN6O2S. The number of imidazole rings is 1. The number of para-hydroxylation sites is 2. The molecule has 10 heteroatoms. The highest BCUT2D eigenvalue weighted by Gasteiger charge is 2.17. The molecule has 0 aliphatic heterocycles. The van der Waals surface area contributed by atoms with Gasteiger partial charge in [-0.2, -0.15) is 5.26 Å². The summed E-state index contributed by atoms with van der Waals surface area (Å²) in [5.41, 5.74) is 1.54. The summed E-state index contributed by atoms with van der Waals surface area (Å²) in [7, 11) is 0. The molecule has 2 N–H and O–H groups in total. The minimum absolute atomic E-state index is 0.0633. The van der Waals surface area contributed by atoms with E-state index in [-0.39, 0.29) is 29.5 Å². The number of nitriles is 1. The van der Waals surface area contributed by atoms with Gasteiger partial charge in [0, 0.05) is 6.54 Å². The van der Waals surface area contributed by atoms with E-state index in [2.05, 4.69) is 26.7 Å². The highest BCUT2D eigenvalue weighted by molar-refractivity contribution is 7.99. The van der Waals surface area contributed by atoms with Crippen LogP contribution in [0.3, 0.4) is 0 Å². The standard InChI is InChI=1S/C23H19FN6O2S/c1-2-11-30-21(13-32-16-9-7-15(24)8-10-16)28-29-23(30)33-14-20(31)17(12-25)22-26-18-5-3-4-6-19(18)27-22/h2-10,31H,1,11,13-14H2,(H,26,27). The second kappa shape index (κ2) is 10.0. The van der Waals surface area contributed by atoms with Gasteiger partial charge in [0.25, 0.3) is 0 Å². The van der Waals surface area contributed by atoms with Crippen LogP contribution < -0.4 is 4.74 Å². The van der Waals surface area contributed by atoms with E-state index in [4.69, 9.17) is 4.74 Å². The number of hydrogen-bond acceptors (Lipinski definition) is 7. The van der Waals surface area contributed by atoms with Gasteiger partial charge in [0.1, 0.15) is 35.6 Å². The van der Waals surface area contributed by atoms with Crippen molar-refractivity contribution < 1.29 is 14.2 Å². The minimum Gasteiger partial charge on any atom is -0.510 e. The normalized spacial score (nSPS) is 11.8. The number of H-pyrrole nitrogens is 1. The number of aliphatic hydroxyl groups excluding tert-OH is 1. The number of aromatic amines is 1. The van der Waals surface area contributed by atoms with E-state index in [0.29, 0.717) is 34.6 Å². The third-order valence-electron chi connectivity index (χ3n) is 4.65. The van der Waals surface area contributed by atoms with Crippen molar-refractivity contribution in [1.29, 1.82) is 5.26 Å². The van der Waals surface area contributed by atoms with Crippen LogP contribution in [0.1, 0.15) is 11.6 Å². The van der Waals surface area contributed by atoms with Crippen LogP contribution >= 0.6 is 11.8 Å². The summed E-state index contributed by atoms with van der Waals surface area (Å²) in [6, 6.07) is 15.1. The zero-order valence-corrected chi connectivity index (χ0v) is 18.2. The Morgan fingerprint density at radius 3 is 2.76 bits per heavy atom. The highest BCUT2D eigenvalue weighted by atomic mass is 32.2. The maximum absolute atomic E-state index is 13.1. The second-order valence-corrected chi connectivity index (χ2v) is 7.81. The van der Waals surface area contributed by atoms with Crippen molar-refractivity contribution in [3.05, 3.63) is 84.4 Å². The number of hydrogen-bond donors (Lipinski definition) is 2. The van der Waals surface area contributed by atoms with Crippen LogP contribution in [0.5, 0.6) is 5.75 Å². The second-order valence-electron chi connectivity index (χ2n) is 6.87. The summed E-state index contributed by atoms with van der Waals surface area (Å²) in [5.74, 6) is 0.972. The summed E-state index contributed by atoms with van der Waals surface area (Å²) >= 11 is 1.22. The van der Waals surface area contributed by atoms with E-state index in [9.17, 15) is 14.8 Å². The molecule has 33 heavy (non-hydrogen) atoms. The third-order valence-corrected chi connectivity index (χ3v) is 5.63. The molecule has 0 atom stereocenters. The maximum atomic E-state index is 13.1. The predicted octanol–water partition coefficient (Wildman–Crippen LogP) is 4.64. The van der Waals surface area contributed by atoms with Crippen LogP contribution in [0.15, 0.2) is 72.1 Å². The van der Waals surface area contributed by atoms with Gasteiger partial charge in [0.15, 0.2) is 16.8 Å². The lowest BCUT2D eigenvalue weighted by molar-refractivity contribution is 0.288. The number of aliphatic hydroxyl groups is 1. The van der Waals surface area contributed by atoms with Crippen molar-refractivity contribution in [3.63, 3.8) is 0 Å².